The maximum absolute atomic E-state index is 13.5. The lowest BCUT2D eigenvalue weighted by molar-refractivity contribution is 0.284. The highest BCUT2D eigenvalue weighted by Gasteiger charge is 2.21. The molecule has 104 valence electrons. The zero-order chi connectivity index (χ0) is 14.1. The molecule has 2 aromatic rings. The molecule has 2 nitrogen and oxygen atoms in total. The number of aryl methyl sites for hydroxylation is 2. The molecule has 1 aliphatic heterocycles. The fourth-order valence-corrected chi connectivity index (χ4v) is 2.77. The molecule has 0 bridgehead atoms. The number of para-hydroxylation sites is 1. The maximum atomic E-state index is 13.5. The van der Waals surface area contributed by atoms with Gasteiger partial charge in [0.15, 0.2) is 0 Å². The molecule has 0 fully saturated rings. The van der Waals surface area contributed by atoms with Crippen LogP contribution < -0.4 is 10.5 Å². The molecule has 1 unspecified atom stereocenters. The molecule has 2 aromatic carbocycles. The number of nitrogens with two attached hydrogens (primary N) is 1. The number of hydrogen-bond acceptors (Lipinski definition) is 2. The zero-order valence-corrected chi connectivity index (χ0v) is 11.5. The fourth-order valence-electron chi connectivity index (χ4n) is 2.77. The van der Waals surface area contributed by atoms with Gasteiger partial charge in [-0.25, -0.2) is 4.39 Å². The summed E-state index contributed by atoms with van der Waals surface area (Å²) in [5.74, 6) is 0.627. The second-order valence-electron chi connectivity index (χ2n) is 5.27. The second-order valence-corrected chi connectivity index (χ2v) is 5.27. The highest BCUT2D eigenvalue weighted by Crippen LogP contribution is 2.35. The summed E-state index contributed by atoms with van der Waals surface area (Å²) in [5, 5.41) is 0. The molecule has 2 N–H and O–H groups in total. The molecular formula is C17H18FNO. The number of benzene rings is 2. The Kier molecular flexibility index (Phi) is 3.45. The van der Waals surface area contributed by atoms with Gasteiger partial charge in [-0.15, -0.1) is 0 Å². The molecule has 1 heterocycles. The molecular weight excluding hydrogens is 253 g/mol. The van der Waals surface area contributed by atoms with E-state index in [0.717, 1.165) is 41.9 Å². The largest absolute Gasteiger partial charge is 0.493 e. The van der Waals surface area contributed by atoms with Gasteiger partial charge < -0.3 is 10.5 Å². The van der Waals surface area contributed by atoms with E-state index >= 15 is 0 Å². The standard InChI is InChI=1S/C17H18FNO/c1-11-7-8-13(18)10-15(11)16(19)14-6-2-4-12-5-3-9-20-17(12)14/h2,4,6-8,10,16H,3,5,9,19H2,1H3. The predicted molar refractivity (Wildman–Crippen MR) is 77.4 cm³/mol. The number of fused-ring (bicyclic) bond motifs is 1. The van der Waals surface area contributed by atoms with Crippen molar-refractivity contribution in [3.8, 4) is 5.75 Å². The van der Waals surface area contributed by atoms with E-state index in [0.29, 0.717) is 0 Å². The van der Waals surface area contributed by atoms with Crippen molar-refractivity contribution in [2.45, 2.75) is 25.8 Å². The van der Waals surface area contributed by atoms with Crippen LogP contribution in [-0.4, -0.2) is 6.61 Å². The van der Waals surface area contributed by atoms with Crippen LogP contribution in [0.2, 0.25) is 0 Å². The summed E-state index contributed by atoms with van der Waals surface area (Å²) in [4.78, 5) is 0. The minimum absolute atomic E-state index is 0.258. The maximum Gasteiger partial charge on any atom is 0.127 e. The summed E-state index contributed by atoms with van der Waals surface area (Å²) in [6, 6.07) is 10.4. The van der Waals surface area contributed by atoms with Gasteiger partial charge in [0.25, 0.3) is 0 Å². The first kappa shape index (κ1) is 13.1. The van der Waals surface area contributed by atoms with Crippen LogP contribution in [0.25, 0.3) is 0 Å². The van der Waals surface area contributed by atoms with Gasteiger partial charge >= 0.3 is 0 Å². The second kappa shape index (κ2) is 5.25. The SMILES string of the molecule is Cc1ccc(F)cc1C(N)c1cccc2c1OCCC2. The van der Waals surface area contributed by atoms with Crippen molar-refractivity contribution in [3.63, 3.8) is 0 Å². The van der Waals surface area contributed by atoms with Gasteiger partial charge in [0, 0.05) is 5.56 Å². The van der Waals surface area contributed by atoms with Crippen LogP contribution in [-0.2, 0) is 6.42 Å². The van der Waals surface area contributed by atoms with Gasteiger partial charge in [-0.05, 0) is 48.6 Å². The summed E-state index contributed by atoms with van der Waals surface area (Å²) < 4.78 is 19.3. The van der Waals surface area contributed by atoms with Crippen molar-refractivity contribution in [2.75, 3.05) is 6.61 Å². The van der Waals surface area contributed by atoms with E-state index in [1.807, 2.05) is 19.1 Å². The lowest BCUT2D eigenvalue weighted by Crippen LogP contribution is -2.18. The first-order valence-corrected chi connectivity index (χ1v) is 6.93. The summed E-state index contributed by atoms with van der Waals surface area (Å²) in [6.07, 6.45) is 2.04. The lowest BCUT2D eigenvalue weighted by atomic mass is 9.92. The summed E-state index contributed by atoms with van der Waals surface area (Å²) in [5.41, 5.74) is 10.3. The molecule has 1 atom stereocenters. The van der Waals surface area contributed by atoms with Crippen LogP contribution in [0.5, 0.6) is 5.75 Å². The summed E-state index contributed by atoms with van der Waals surface area (Å²) in [7, 11) is 0. The Balaban J connectivity index is 2.06. The van der Waals surface area contributed by atoms with Crippen LogP contribution in [0.15, 0.2) is 36.4 Å². The van der Waals surface area contributed by atoms with E-state index in [4.69, 9.17) is 10.5 Å². The molecule has 0 saturated carbocycles. The molecule has 0 aromatic heterocycles. The number of ether oxygens (including phenoxy) is 1. The van der Waals surface area contributed by atoms with E-state index in [1.165, 1.54) is 17.7 Å². The first-order chi connectivity index (χ1) is 9.66. The summed E-state index contributed by atoms with van der Waals surface area (Å²) >= 11 is 0. The first-order valence-electron chi connectivity index (χ1n) is 6.93. The molecule has 20 heavy (non-hydrogen) atoms. The zero-order valence-electron chi connectivity index (χ0n) is 11.5. The molecule has 0 spiro atoms. The molecule has 3 rings (SSSR count). The van der Waals surface area contributed by atoms with E-state index in [1.54, 1.807) is 6.07 Å². The van der Waals surface area contributed by atoms with Crippen molar-refractivity contribution in [1.29, 1.82) is 0 Å². The molecule has 0 radical (unpaired) electrons. The van der Waals surface area contributed by atoms with Crippen LogP contribution in [0, 0.1) is 12.7 Å². The summed E-state index contributed by atoms with van der Waals surface area (Å²) in [6.45, 7) is 2.67. The van der Waals surface area contributed by atoms with Crippen molar-refractivity contribution in [1.82, 2.24) is 0 Å². The average Bonchev–Trinajstić information content (AvgIpc) is 2.48. The topological polar surface area (TPSA) is 35.2 Å². The third-order valence-corrected chi connectivity index (χ3v) is 3.88. The van der Waals surface area contributed by atoms with E-state index in [9.17, 15) is 4.39 Å². The van der Waals surface area contributed by atoms with Crippen LogP contribution >= 0.6 is 0 Å². The smallest absolute Gasteiger partial charge is 0.127 e. The fraction of sp³-hybridized carbons (Fsp3) is 0.294. The molecule has 3 heteroatoms. The van der Waals surface area contributed by atoms with Crippen molar-refractivity contribution >= 4 is 0 Å². The van der Waals surface area contributed by atoms with Gasteiger partial charge in [0.05, 0.1) is 12.6 Å². The Hall–Kier alpha value is -1.87. The highest BCUT2D eigenvalue weighted by molar-refractivity contribution is 5.48. The Morgan fingerprint density at radius 2 is 2.05 bits per heavy atom. The van der Waals surface area contributed by atoms with E-state index < -0.39 is 0 Å². The number of halogens is 1. The van der Waals surface area contributed by atoms with Crippen molar-refractivity contribution in [2.24, 2.45) is 5.73 Å². The lowest BCUT2D eigenvalue weighted by Gasteiger charge is -2.24. The number of hydrogen-bond donors (Lipinski definition) is 1. The average molecular weight is 271 g/mol. The normalized spacial score (nSPS) is 15.3. The van der Waals surface area contributed by atoms with Gasteiger partial charge in [-0.1, -0.05) is 24.3 Å². The Bertz CT molecular complexity index is 639. The van der Waals surface area contributed by atoms with Gasteiger partial charge in [0.1, 0.15) is 11.6 Å². The minimum atomic E-state index is -0.362. The Labute approximate surface area is 118 Å². The molecule has 1 aliphatic rings. The highest BCUT2D eigenvalue weighted by atomic mass is 19.1. The molecule has 0 saturated heterocycles. The Morgan fingerprint density at radius 3 is 2.90 bits per heavy atom. The van der Waals surface area contributed by atoms with Gasteiger partial charge in [0.2, 0.25) is 0 Å². The van der Waals surface area contributed by atoms with Gasteiger partial charge in [-0.2, -0.15) is 0 Å². The van der Waals surface area contributed by atoms with Gasteiger partial charge in [-0.3, -0.25) is 0 Å². The predicted octanol–water partition coefficient (Wildman–Crippen LogP) is 3.51. The third-order valence-electron chi connectivity index (χ3n) is 3.88. The molecule has 0 aliphatic carbocycles. The van der Waals surface area contributed by atoms with Crippen LogP contribution in [0.1, 0.15) is 34.7 Å². The monoisotopic (exact) mass is 271 g/mol. The van der Waals surface area contributed by atoms with Crippen molar-refractivity contribution < 1.29 is 9.13 Å². The van der Waals surface area contributed by atoms with Crippen molar-refractivity contribution in [3.05, 3.63) is 64.5 Å². The van der Waals surface area contributed by atoms with E-state index in [2.05, 4.69) is 6.07 Å². The van der Waals surface area contributed by atoms with Crippen LogP contribution in [0.4, 0.5) is 4.39 Å². The molecule has 0 amide bonds. The number of rotatable bonds is 2. The third kappa shape index (κ3) is 2.29. The Morgan fingerprint density at radius 1 is 1.20 bits per heavy atom. The minimum Gasteiger partial charge on any atom is -0.493 e. The quantitative estimate of drug-likeness (QED) is 0.907. The van der Waals surface area contributed by atoms with Crippen LogP contribution in [0.3, 0.4) is 0 Å². The van der Waals surface area contributed by atoms with E-state index in [-0.39, 0.29) is 11.9 Å².